The van der Waals surface area contributed by atoms with Crippen LogP contribution < -0.4 is 0 Å². The van der Waals surface area contributed by atoms with Gasteiger partial charge in [-0.25, -0.2) is 13.2 Å². The van der Waals surface area contributed by atoms with E-state index in [4.69, 9.17) is 9.84 Å². The van der Waals surface area contributed by atoms with Crippen molar-refractivity contribution in [3.05, 3.63) is 24.4 Å². The smallest absolute Gasteiger partial charge is 0.358 e. The Morgan fingerprint density at radius 2 is 2.23 bits per heavy atom. The summed E-state index contributed by atoms with van der Waals surface area (Å²) < 4.78 is 30.4. The molecule has 9 nitrogen and oxygen atoms in total. The summed E-state index contributed by atoms with van der Waals surface area (Å²) in [6.45, 7) is 4.89. The molecule has 0 bridgehead atoms. The van der Waals surface area contributed by atoms with Gasteiger partial charge < -0.3 is 9.84 Å². The van der Waals surface area contributed by atoms with E-state index in [1.807, 2.05) is 0 Å². The Morgan fingerprint density at radius 3 is 2.77 bits per heavy atom. The van der Waals surface area contributed by atoms with Crippen LogP contribution >= 0.6 is 0 Å². The van der Waals surface area contributed by atoms with Gasteiger partial charge in [-0.3, -0.25) is 9.89 Å². The van der Waals surface area contributed by atoms with Gasteiger partial charge in [0.25, 0.3) is 10.0 Å². The monoisotopic (exact) mass is 331 g/mol. The van der Waals surface area contributed by atoms with Crippen LogP contribution in [0.4, 0.5) is 0 Å². The molecule has 1 rings (SSSR count). The molecule has 0 unspecified atom stereocenters. The van der Waals surface area contributed by atoms with Gasteiger partial charge in [0.2, 0.25) is 0 Å². The van der Waals surface area contributed by atoms with E-state index in [0.717, 1.165) is 10.4 Å². The lowest BCUT2D eigenvalue weighted by atomic mass is 10.4. The Hall–Kier alpha value is -2.20. The second-order valence-corrected chi connectivity index (χ2v) is 6.04. The highest BCUT2D eigenvalue weighted by atomic mass is 32.2. The van der Waals surface area contributed by atoms with E-state index in [1.165, 1.54) is 6.08 Å². The number of ether oxygens (including phenoxy) is 1. The first-order valence-electron chi connectivity index (χ1n) is 6.38. The number of esters is 1. The summed E-state index contributed by atoms with van der Waals surface area (Å²) in [5.74, 6) is -1.87. The Bertz CT molecular complexity index is 652. The molecule has 0 aliphatic heterocycles. The summed E-state index contributed by atoms with van der Waals surface area (Å²) in [6.07, 6.45) is 0.980. The third kappa shape index (κ3) is 4.40. The van der Waals surface area contributed by atoms with Crippen molar-refractivity contribution >= 4 is 22.0 Å². The predicted octanol–water partition coefficient (Wildman–Crippen LogP) is 0.238. The second-order valence-electron chi connectivity index (χ2n) is 4.13. The van der Waals surface area contributed by atoms with Crippen molar-refractivity contribution in [2.75, 3.05) is 19.7 Å². The molecule has 0 aliphatic rings. The zero-order chi connectivity index (χ0) is 16.8. The van der Waals surface area contributed by atoms with Crippen molar-refractivity contribution < 1.29 is 27.9 Å². The second kappa shape index (κ2) is 7.71. The molecule has 0 aliphatic carbocycles. The highest BCUT2D eigenvalue weighted by Crippen LogP contribution is 2.15. The zero-order valence-corrected chi connectivity index (χ0v) is 12.8. The molecule has 0 fully saturated rings. The zero-order valence-electron chi connectivity index (χ0n) is 12.0. The predicted molar refractivity (Wildman–Crippen MR) is 75.8 cm³/mol. The number of hydrogen-bond donors (Lipinski definition) is 2. The van der Waals surface area contributed by atoms with Crippen molar-refractivity contribution in [1.82, 2.24) is 14.5 Å². The van der Waals surface area contributed by atoms with Crippen molar-refractivity contribution in [3.63, 3.8) is 0 Å². The molecule has 2 N–H and O–H groups in total. The average molecular weight is 331 g/mol. The quantitative estimate of drug-likeness (QED) is 0.489. The van der Waals surface area contributed by atoms with Crippen LogP contribution in [-0.2, 0) is 19.6 Å². The normalized spacial score (nSPS) is 11.4. The third-order valence-corrected chi connectivity index (χ3v) is 4.34. The van der Waals surface area contributed by atoms with Crippen LogP contribution in [0.25, 0.3) is 0 Å². The Morgan fingerprint density at radius 1 is 1.55 bits per heavy atom. The van der Waals surface area contributed by atoms with Crippen molar-refractivity contribution in [3.8, 4) is 0 Å². The number of aliphatic carboxylic acids is 1. The van der Waals surface area contributed by atoms with E-state index in [0.29, 0.717) is 0 Å². The summed E-state index contributed by atoms with van der Waals surface area (Å²) in [4.78, 5) is 22.1. The van der Waals surface area contributed by atoms with Gasteiger partial charge in [0, 0.05) is 19.2 Å². The van der Waals surface area contributed by atoms with Gasteiger partial charge in [-0.15, -0.1) is 6.58 Å². The third-order valence-electron chi connectivity index (χ3n) is 2.56. The standard InChI is InChI=1S/C12H17N3O6S/c1-3-6-15(7-5-11(16)17)22(19,20)10-8-9(13-14-10)12(18)21-4-2/h3,8H,1,4-7H2,2H3,(H,13,14)(H,16,17). The van der Waals surface area contributed by atoms with Gasteiger partial charge in [-0.1, -0.05) is 6.08 Å². The number of rotatable bonds is 9. The van der Waals surface area contributed by atoms with Gasteiger partial charge in [0.15, 0.2) is 10.7 Å². The van der Waals surface area contributed by atoms with E-state index in [1.54, 1.807) is 6.92 Å². The molecule has 0 spiro atoms. The lowest BCUT2D eigenvalue weighted by molar-refractivity contribution is -0.137. The van der Waals surface area contributed by atoms with E-state index in [2.05, 4.69) is 16.8 Å². The molecular formula is C12H17N3O6S. The molecule has 0 aromatic carbocycles. The number of carbonyl (C=O) groups is 2. The number of H-pyrrole nitrogens is 1. The highest BCUT2D eigenvalue weighted by Gasteiger charge is 2.27. The fraction of sp³-hybridized carbons (Fsp3) is 0.417. The van der Waals surface area contributed by atoms with E-state index in [9.17, 15) is 18.0 Å². The maximum Gasteiger partial charge on any atom is 0.358 e. The lowest BCUT2D eigenvalue weighted by Crippen LogP contribution is -2.33. The fourth-order valence-corrected chi connectivity index (χ4v) is 2.89. The molecule has 0 saturated carbocycles. The van der Waals surface area contributed by atoms with Crippen LogP contribution in [0.15, 0.2) is 23.7 Å². The minimum Gasteiger partial charge on any atom is -0.481 e. The Balaban J connectivity index is 3.01. The van der Waals surface area contributed by atoms with Crippen molar-refractivity contribution in [1.29, 1.82) is 0 Å². The first-order chi connectivity index (χ1) is 10.3. The summed E-state index contributed by atoms with van der Waals surface area (Å²) in [5.41, 5.74) is -0.169. The molecule has 1 aromatic heterocycles. The number of carboxylic acid groups (broad SMARTS) is 1. The van der Waals surface area contributed by atoms with E-state index < -0.39 is 22.0 Å². The molecule has 1 heterocycles. The maximum absolute atomic E-state index is 12.4. The number of aromatic amines is 1. The average Bonchev–Trinajstić information content (AvgIpc) is 2.93. The summed E-state index contributed by atoms with van der Waals surface area (Å²) >= 11 is 0. The molecule has 0 atom stereocenters. The van der Waals surface area contributed by atoms with Crippen molar-refractivity contribution in [2.45, 2.75) is 18.4 Å². The van der Waals surface area contributed by atoms with Crippen LogP contribution in [0, 0.1) is 0 Å². The van der Waals surface area contributed by atoms with Gasteiger partial charge in [0.1, 0.15) is 0 Å². The Labute approximate surface area is 127 Å². The highest BCUT2D eigenvalue weighted by molar-refractivity contribution is 7.89. The number of sulfonamides is 1. The van der Waals surface area contributed by atoms with Crippen molar-refractivity contribution in [2.24, 2.45) is 0 Å². The molecule has 0 saturated heterocycles. The number of nitrogens with one attached hydrogen (secondary N) is 1. The molecule has 10 heteroatoms. The molecule has 1 aromatic rings. The lowest BCUT2D eigenvalue weighted by Gasteiger charge is -2.18. The van der Waals surface area contributed by atoms with Gasteiger partial charge >= 0.3 is 11.9 Å². The largest absolute Gasteiger partial charge is 0.481 e. The fourth-order valence-electron chi connectivity index (χ4n) is 1.56. The molecule has 0 radical (unpaired) electrons. The van der Waals surface area contributed by atoms with Gasteiger partial charge in [-0.05, 0) is 6.92 Å². The minimum atomic E-state index is -4.01. The topological polar surface area (TPSA) is 130 Å². The van der Waals surface area contributed by atoms with Crippen LogP contribution in [0.1, 0.15) is 23.8 Å². The Kier molecular flexibility index (Phi) is 6.25. The molecule has 122 valence electrons. The minimum absolute atomic E-state index is 0.0661. The van der Waals surface area contributed by atoms with Gasteiger partial charge in [0.05, 0.1) is 13.0 Å². The number of carboxylic acids is 1. The first-order valence-corrected chi connectivity index (χ1v) is 7.82. The SMILES string of the molecule is C=CCN(CCC(=O)O)S(=O)(=O)c1cc(C(=O)OCC)n[nH]1. The first kappa shape index (κ1) is 17.9. The van der Waals surface area contributed by atoms with Crippen LogP contribution in [0.5, 0.6) is 0 Å². The summed E-state index contributed by atoms with van der Waals surface area (Å²) in [7, 11) is -4.01. The number of aromatic nitrogens is 2. The van der Waals surface area contributed by atoms with E-state index >= 15 is 0 Å². The number of nitrogens with zero attached hydrogens (tertiary/aromatic N) is 2. The number of hydrogen-bond acceptors (Lipinski definition) is 6. The van der Waals surface area contributed by atoms with Gasteiger partial charge in [-0.2, -0.15) is 9.40 Å². The maximum atomic E-state index is 12.4. The number of carbonyl (C=O) groups excluding carboxylic acids is 1. The van der Waals surface area contributed by atoms with Crippen LogP contribution in [0.2, 0.25) is 0 Å². The molecular weight excluding hydrogens is 314 g/mol. The molecule has 0 amide bonds. The summed E-state index contributed by atoms with van der Waals surface area (Å²) in [5, 5.41) is 14.2. The van der Waals surface area contributed by atoms with E-state index in [-0.39, 0.29) is 36.8 Å². The van der Waals surface area contributed by atoms with Crippen LogP contribution in [-0.4, -0.2) is 59.7 Å². The summed E-state index contributed by atoms with van der Waals surface area (Å²) in [6, 6.07) is 1.05. The van der Waals surface area contributed by atoms with Crippen LogP contribution in [0.3, 0.4) is 0 Å². The molecule has 22 heavy (non-hydrogen) atoms.